The van der Waals surface area contributed by atoms with Gasteiger partial charge in [0.2, 0.25) is 0 Å². The lowest BCUT2D eigenvalue weighted by Gasteiger charge is -2.05. The molecule has 0 spiro atoms. The van der Waals surface area contributed by atoms with Gasteiger partial charge in [0.1, 0.15) is 5.75 Å². The zero-order valence-corrected chi connectivity index (χ0v) is 8.34. The zero-order chi connectivity index (χ0) is 11.3. The first kappa shape index (κ1) is 11.8. The van der Waals surface area contributed by atoms with Gasteiger partial charge < -0.3 is 9.84 Å². The number of benzene rings is 1. The van der Waals surface area contributed by atoms with Gasteiger partial charge in [0.05, 0.1) is 0 Å². The summed E-state index contributed by atoms with van der Waals surface area (Å²) in [5.74, 6) is -3.34. The molecule has 1 aromatic carbocycles. The molecule has 82 valence electrons. The van der Waals surface area contributed by atoms with Crippen LogP contribution < -0.4 is 4.74 Å². The molecule has 0 radical (unpaired) electrons. The van der Waals surface area contributed by atoms with Crippen molar-refractivity contribution >= 4 is 17.7 Å². The first-order valence-corrected chi connectivity index (χ1v) is 4.85. The van der Waals surface area contributed by atoms with E-state index < -0.39 is 18.3 Å². The first-order chi connectivity index (χ1) is 7.08. The third kappa shape index (κ3) is 4.64. The van der Waals surface area contributed by atoms with Crippen molar-refractivity contribution in [3.05, 3.63) is 24.3 Å². The van der Waals surface area contributed by atoms with Crippen LogP contribution in [0.4, 0.5) is 8.78 Å². The maximum absolute atomic E-state index is 12.0. The summed E-state index contributed by atoms with van der Waals surface area (Å²) in [5.41, 5.74) is 0. The van der Waals surface area contributed by atoms with Crippen LogP contribution in [0.3, 0.4) is 0 Å². The summed E-state index contributed by atoms with van der Waals surface area (Å²) >= 11 is 0.386. The Bertz CT molecular complexity index is 344. The average Bonchev–Trinajstić information content (AvgIpc) is 2.14. The number of carbonyl (C=O) groups is 1. The minimum Gasteiger partial charge on any atom is -0.482 e. The second-order valence-corrected chi connectivity index (χ2v) is 3.60. The standard InChI is InChI=1S/C9H8F2O3S/c10-9(11)15-7-3-1-2-6(4-7)14-5-8(12)13/h1-4,9H,5H2,(H,12,13). The van der Waals surface area contributed by atoms with Crippen molar-refractivity contribution in [3.8, 4) is 5.75 Å². The Labute approximate surface area is 89.0 Å². The van der Waals surface area contributed by atoms with Gasteiger partial charge in [-0.2, -0.15) is 8.78 Å². The van der Waals surface area contributed by atoms with Gasteiger partial charge >= 0.3 is 5.97 Å². The van der Waals surface area contributed by atoms with Crippen molar-refractivity contribution < 1.29 is 23.4 Å². The zero-order valence-electron chi connectivity index (χ0n) is 7.52. The van der Waals surface area contributed by atoms with Gasteiger partial charge in [0, 0.05) is 4.90 Å². The number of thioether (sulfide) groups is 1. The number of halogens is 2. The number of carboxylic acids is 1. The maximum Gasteiger partial charge on any atom is 0.341 e. The number of rotatable bonds is 5. The van der Waals surface area contributed by atoms with Crippen LogP contribution in [0.2, 0.25) is 0 Å². The molecule has 1 N–H and O–H groups in total. The largest absolute Gasteiger partial charge is 0.482 e. The number of hydrogen-bond donors (Lipinski definition) is 1. The first-order valence-electron chi connectivity index (χ1n) is 3.97. The Balaban J connectivity index is 2.61. The highest BCUT2D eigenvalue weighted by molar-refractivity contribution is 7.99. The highest BCUT2D eigenvalue weighted by Gasteiger charge is 2.06. The van der Waals surface area contributed by atoms with Gasteiger partial charge in [-0.1, -0.05) is 17.8 Å². The molecule has 0 atom stereocenters. The molecule has 0 aliphatic heterocycles. The van der Waals surface area contributed by atoms with Crippen LogP contribution in [-0.4, -0.2) is 23.4 Å². The minimum absolute atomic E-state index is 0.267. The summed E-state index contributed by atoms with van der Waals surface area (Å²) in [6.07, 6.45) is 0. The Morgan fingerprint density at radius 1 is 1.53 bits per heavy atom. The molecular weight excluding hydrogens is 226 g/mol. The highest BCUT2D eigenvalue weighted by Crippen LogP contribution is 2.27. The van der Waals surface area contributed by atoms with E-state index in [-0.39, 0.29) is 5.75 Å². The fourth-order valence-electron chi connectivity index (χ4n) is 0.885. The molecule has 3 nitrogen and oxygen atoms in total. The molecule has 1 aromatic rings. The predicted octanol–water partition coefficient (Wildman–Crippen LogP) is 2.46. The second-order valence-electron chi connectivity index (χ2n) is 2.54. The molecule has 0 fully saturated rings. The average molecular weight is 234 g/mol. The Kier molecular flexibility index (Phi) is 4.36. The number of carboxylic acid groups (broad SMARTS) is 1. The van der Waals surface area contributed by atoms with Gasteiger partial charge in [-0.3, -0.25) is 0 Å². The monoisotopic (exact) mass is 234 g/mol. The molecule has 0 unspecified atom stereocenters. The highest BCUT2D eigenvalue weighted by atomic mass is 32.2. The minimum atomic E-state index is -2.50. The fraction of sp³-hybridized carbons (Fsp3) is 0.222. The van der Waals surface area contributed by atoms with Crippen molar-refractivity contribution in [2.24, 2.45) is 0 Å². The molecule has 6 heteroatoms. The molecule has 0 amide bonds. The molecular formula is C9H8F2O3S. The van der Waals surface area contributed by atoms with E-state index in [9.17, 15) is 13.6 Å². The third-order valence-electron chi connectivity index (χ3n) is 1.39. The van der Waals surface area contributed by atoms with Crippen molar-refractivity contribution in [2.75, 3.05) is 6.61 Å². The predicted molar refractivity (Wildman–Crippen MR) is 51.4 cm³/mol. The summed E-state index contributed by atoms with van der Waals surface area (Å²) < 4.78 is 28.8. The molecule has 15 heavy (non-hydrogen) atoms. The summed E-state index contributed by atoms with van der Waals surface area (Å²) in [7, 11) is 0. The van der Waals surface area contributed by atoms with E-state index in [4.69, 9.17) is 9.84 Å². The van der Waals surface area contributed by atoms with Crippen molar-refractivity contribution in [1.29, 1.82) is 0 Å². The third-order valence-corrected chi connectivity index (χ3v) is 2.10. The summed E-state index contributed by atoms with van der Waals surface area (Å²) in [4.78, 5) is 10.5. The van der Waals surface area contributed by atoms with E-state index in [1.54, 1.807) is 0 Å². The quantitative estimate of drug-likeness (QED) is 0.795. The topological polar surface area (TPSA) is 46.5 Å². The van der Waals surface area contributed by atoms with Gasteiger partial charge in [-0.05, 0) is 18.2 Å². The lowest BCUT2D eigenvalue weighted by atomic mass is 10.3. The fourth-order valence-corrected chi connectivity index (χ4v) is 1.43. The lowest BCUT2D eigenvalue weighted by molar-refractivity contribution is -0.139. The van der Waals surface area contributed by atoms with Crippen LogP contribution in [0.25, 0.3) is 0 Å². The van der Waals surface area contributed by atoms with Crippen LogP contribution in [0, 0.1) is 0 Å². The Hall–Kier alpha value is -1.30. The van der Waals surface area contributed by atoms with E-state index in [1.165, 1.54) is 24.3 Å². The smallest absolute Gasteiger partial charge is 0.341 e. The summed E-state index contributed by atoms with van der Waals surface area (Å²) in [6, 6.07) is 5.92. The normalized spacial score (nSPS) is 10.3. The number of alkyl halides is 2. The van der Waals surface area contributed by atoms with E-state index in [1.807, 2.05) is 0 Å². The maximum atomic E-state index is 12.0. The van der Waals surface area contributed by atoms with Crippen LogP contribution in [-0.2, 0) is 4.79 Å². The summed E-state index contributed by atoms with van der Waals surface area (Å²) in [5, 5.41) is 8.34. The Morgan fingerprint density at radius 3 is 2.87 bits per heavy atom. The van der Waals surface area contributed by atoms with Crippen LogP contribution >= 0.6 is 11.8 Å². The van der Waals surface area contributed by atoms with E-state index in [0.29, 0.717) is 16.7 Å². The van der Waals surface area contributed by atoms with E-state index in [2.05, 4.69) is 0 Å². The van der Waals surface area contributed by atoms with E-state index in [0.717, 1.165) is 0 Å². The molecule has 0 heterocycles. The molecule has 0 aromatic heterocycles. The van der Waals surface area contributed by atoms with Crippen molar-refractivity contribution in [2.45, 2.75) is 10.7 Å². The lowest BCUT2D eigenvalue weighted by Crippen LogP contribution is -2.09. The molecule has 0 bridgehead atoms. The molecule has 0 aliphatic carbocycles. The van der Waals surface area contributed by atoms with Gasteiger partial charge in [0.15, 0.2) is 6.61 Å². The van der Waals surface area contributed by atoms with Gasteiger partial charge in [-0.25, -0.2) is 4.79 Å². The molecule has 1 rings (SSSR count). The van der Waals surface area contributed by atoms with Crippen LogP contribution in [0.5, 0.6) is 5.75 Å². The van der Waals surface area contributed by atoms with E-state index >= 15 is 0 Å². The van der Waals surface area contributed by atoms with Crippen molar-refractivity contribution in [1.82, 2.24) is 0 Å². The Morgan fingerprint density at radius 2 is 2.27 bits per heavy atom. The van der Waals surface area contributed by atoms with Gasteiger partial charge in [-0.15, -0.1) is 0 Å². The van der Waals surface area contributed by atoms with Crippen LogP contribution in [0.1, 0.15) is 0 Å². The molecule has 0 saturated carbocycles. The number of hydrogen-bond acceptors (Lipinski definition) is 3. The van der Waals surface area contributed by atoms with Crippen LogP contribution in [0.15, 0.2) is 29.2 Å². The number of ether oxygens (including phenoxy) is 1. The summed E-state index contributed by atoms with van der Waals surface area (Å²) in [6.45, 7) is -0.483. The molecule has 0 aliphatic rings. The molecule has 0 saturated heterocycles. The number of aliphatic carboxylic acids is 1. The van der Waals surface area contributed by atoms with Gasteiger partial charge in [0.25, 0.3) is 5.76 Å². The second kappa shape index (κ2) is 5.55. The van der Waals surface area contributed by atoms with Crippen molar-refractivity contribution in [3.63, 3.8) is 0 Å². The SMILES string of the molecule is O=C(O)COc1cccc(SC(F)F)c1.